The highest BCUT2D eigenvalue weighted by molar-refractivity contribution is 7.89. The highest BCUT2D eigenvalue weighted by atomic mass is 32.2. The lowest BCUT2D eigenvalue weighted by atomic mass is 10.1. The summed E-state index contributed by atoms with van der Waals surface area (Å²) in [6.07, 6.45) is 2.63. The number of rotatable bonds is 8. The van der Waals surface area contributed by atoms with Crippen LogP contribution in [-0.2, 0) is 21.2 Å². The Morgan fingerprint density at radius 2 is 1.93 bits per heavy atom. The number of nitrogens with one attached hydrogen (secondary N) is 1. The van der Waals surface area contributed by atoms with Crippen molar-refractivity contribution in [3.8, 4) is 0 Å². The number of nitrogens with zero attached hydrogens (tertiary/aromatic N) is 3. The Kier molecular flexibility index (Phi) is 7.19. The Labute approximate surface area is 175 Å². The summed E-state index contributed by atoms with van der Waals surface area (Å²) in [5.74, 6) is 0.964. The second-order valence-electron chi connectivity index (χ2n) is 7.78. The minimum Gasteiger partial charge on any atom is -0.343 e. The molecule has 0 radical (unpaired) electrons. The summed E-state index contributed by atoms with van der Waals surface area (Å²) < 4.78 is 45.7. The van der Waals surface area contributed by atoms with E-state index in [9.17, 15) is 17.6 Å². The van der Waals surface area contributed by atoms with Gasteiger partial charge in [0, 0.05) is 37.9 Å². The molecule has 1 fully saturated rings. The number of aromatic nitrogens is 2. The lowest BCUT2D eigenvalue weighted by Gasteiger charge is -2.32. The van der Waals surface area contributed by atoms with Crippen molar-refractivity contribution < 1.29 is 22.1 Å². The summed E-state index contributed by atoms with van der Waals surface area (Å²) in [5.41, 5.74) is 0. The monoisotopic (exact) mass is 438 g/mol. The van der Waals surface area contributed by atoms with Crippen molar-refractivity contribution in [2.75, 3.05) is 13.1 Å². The molecule has 10 heteroatoms. The molecule has 1 aromatic carbocycles. The Morgan fingerprint density at radius 3 is 2.53 bits per heavy atom. The van der Waals surface area contributed by atoms with Crippen LogP contribution in [0.4, 0.5) is 4.39 Å². The molecular formula is C20H27FN4O4S. The molecule has 0 aliphatic carbocycles. The molecule has 0 spiro atoms. The Morgan fingerprint density at radius 1 is 1.27 bits per heavy atom. The quantitative estimate of drug-likeness (QED) is 0.679. The first-order valence-corrected chi connectivity index (χ1v) is 11.6. The van der Waals surface area contributed by atoms with E-state index >= 15 is 0 Å². The van der Waals surface area contributed by atoms with Crippen molar-refractivity contribution in [2.45, 2.75) is 62.8 Å². The van der Waals surface area contributed by atoms with Crippen molar-refractivity contribution in [1.82, 2.24) is 19.8 Å². The van der Waals surface area contributed by atoms with Crippen LogP contribution >= 0.6 is 0 Å². The average Bonchev–Trinajstić information content (AvgIpc) is 3.18. The van der Waals surface area contributed by atoms with E-state index < -0.39 is 15.8 Å². The van der Waals surface area contributed by atoms with E-state index in [2.05, 4.69) is 14.9 Å². The van der Waals surface area contributed by atoms with Gasteiger partial charge in [0.1, 0.15) is 5.82 Å². The van der Waals surface area contributed by atoms with Gasteiger partial charge in [-0.2, -0.15) is 4.98 Å². The summed E-state index contributed by atoms with van der Waals surface area (Å²) >= 11 is 0. The molecule has 164 valence electrons. The van der Waals surface area contributed by atoms with Gasteiger partial charge in [0.2, 0.25) is 21.8 Å². The number of carbonyl (C=O) groups excluding carboxylic acids is 1. The molecule has 1 aromatic heterocycles. The smallest absolute Gasteiger partial charge is 0.240 e. The van der Waals surface area contributed by atoms with Gasteiger partial charge in [-0.15, -0.1) is 0 Å². The number of piperidine rings is 1. The van der Waals surface area contributed by atoms with E-state index in [1.54, 1.807) is 4.90 Å². The fourth-order valence-corrected chi connectivity index (χ4v) is 4.61. The molecule has 1 aliphatic rings. The van der Waals surface area contributed by atoms with E-state index in [0.717, 1.165) is 12.1 Å². The maximum absolute atomic E-state index is 13.0. The molecule has 8 nitrogen and oxygen atoms in total. The maximum Gasteiger partial charge on any atom is 0.240 e. The normalized spacial score (nSPS) is 15.7. The van der Waals surface area contributed by atoms with Crippen molar-refractivity contribution in [2.24, 2.45) is 0 Å². The lowest BCUT2D eigenvalue weighted by molar-refractivity contribution is -0.132. The number of halogens is 1. The van der Waals surface area contributed by atoms with Gasteiger partial charge in [0.15, 0.2) is 5.82 Å². The number of carbonyl (C=O) groups is 1. The van der Waals surface area contributed by atoms with E-state index in [0.29, 0.717) is 56.9 Å². The fourth-order valence-electron chi connectivity index (χ4n) is 3.30. The number of sulfonamides is 1. The van der Waals surface area contributed by atoms with Gasteiger partial charge in [-0.25, -0.2) is 17.5 Å². The van der Waals surface area contributed by atoms with E-state index in [1.165, 1.54) is 12.1 Å². The zero-order valence-electron chi connectivity index (χ0n) is 17.2. The molecule has 0 bridgehead atoms. The number of aryl methyl sites for hydroxylation is 1. The van der Waals surface area contributed by atoms with Gasteiger partial charge in [0.25, 0.3) is 0 Å². The standard InChI is InChI=1S/C20H27FN4O4S/c1-14(2)20-22-18(29-23-20)4-3-5-19(26)25-12-10-16(11-13-25)24-30(27,28)17-8-6-15(21)7-9-17/h6-9,14,16,24H,3-5,10-13H2,1-2H3. The number of benzene rings is 1. The van der Waals surface area contributed by atoms with Crippen molar-refractivity contribution in [3.05, 3.63) is 41.8 Å². The molecule has 2 heterocycles. The molecule has 1 amide bonds. The summed E-state index contributed by atoms with van der Waals surface area (Å²) in [5, 5.41) is 3.91. The number of hydrogen-bond donors (Lipinski definition) is 1. The van der Waals surface area contributed by atoms with Crippen LogP contribution in [0.15, 0.2) is 33.7 Å². The second kappa shape index (κ2) is 9.65. The number of likely N-dealkylation sites (tertiary alicyclic amines) is 1. The summed E-state index contributed by atoms with van der Waals surface area (Å²) in [4.78, 5) is 18.5. The highest BCUT2D eigenvalue weighted by Gasteiger charge is 2.26. The zero-order chi connectivity index (χ0) is 21.7. The molecule has 3 rings (SSSR count). The van der Waals surface area contributed by atoms with Crippen LogP contribution in [0.25, 0.3) is 0 Å². The van der Waals surface area contributed by atoms with Gasteiger partial charge >= 0.3 is 0 Å². The summed E-state index contributed by atoms with van der Waals surface area (Å²) in [7, 11) is -3.71. The van der Waals surface area contributed by atoms with Crippen LogP contribution in [0.2, 0.25) is 0 Å². The van der Waals surface area contributed by atoms with E-state index in [-0.39, 0.29) is 22.8 Å². The molecule has 1 N–H and O–H groups in total. The third-order valence-electron chi connectivity index (χ3n) is 5.07. The van der Waals surface area contributed by atoms with Gasteiger partial charge in [0.05, 0.1) is 4.90 Å². The Bertz CT molecular complexity index is 951. The van der Waals surface area contributed by atoms with Crippen molar-refractivity contribution in [3.63, 3.8) is 0 Å². The summed E-state index contributed by atoms with van der Waals surface area (Å²) in [6, 6.07) is 4.46. The molecule has 30 heavy (non-hydrogen) atoms. The van der Waals surface area contributed by atoms with Crippen molar-refractivity contribution >= 4 is 15.9 Å². The third-order valence-corrected chi connectivity index (χ3v) is 6.61. The van der Waals surface area contributed by atoms with Crippen LogP contribution in [0, 0.1) is 5.82 Å². The minimum atomic E-state index is -3.71. The van der Waals surface area contributed by atoms with Crippen LogP contribution < -0.4 is 4.72 Å². The van der Waals surface area contributed by atoms with Gasteiger partial charge in [-0.1, -0.05) is 19.0 Å². The van der Waals surface area contributed by atoms with Gasteiger partial charge in [-0.3, -0.25) is 4.79 Å². The van der Waals surface area contributed by atoms with Crippen molar-refractivity contribution in [1.29, 1.82) is 0 Å². The molecule has 0 saturated carbocycles. The minimum absolute atomic E-state index is 0.0315. The first kappa shape index (κ1) is 22.4. The molecule has 1 saturated heterocycles. The second-order valence-corrected chi connectivity index (χ2v) is 9.50. The number of hydrogen-bond acceptors (Lipinski definition) is 6. The summed E-state index contributed by atoms with van der Waals surface area (Å²) in [6.45, 7) is 4.96. The molecule has 2 aromatic rings. The van der Waals surface area contributed by atoms with Crippen LogP contribution in [0.3, 0.4) is 0 Å². The largest absolute Gasteiger partial charge is 0.343 e. The van der Waals surface area contributed by atoms with E-state index in [1.807, 2.05) is 13.8 Å². The predicted molar refractivity (Wildman–Crippen MR) is 108 cm³/mol. The topological polar surface area (TPSA) is 105 Å². The van der Waals surface area contributed by atoms with Crippen LogP contribution in [-0.4, -0.2) is 48.5 Å². The SMILES string of the molecule is CC(C)c1noc(CCCC(=O)N2CCC(NS(=O)(=O)c3ccc(F)cc3)CC2)n1. The third kappa shape index (κ3) is 5.85. The maximum atomic E-state index is 13.0. The first-order valence-electron chi connectivity index (χ1n) is 10.1. The average molecular weight is 439 g/mol. The molecule has 1 aliphatic heterocycles. The van der Waals surface area contributed by atoms with E-state index in [4.69, 9.17) is 4.52 Å². The lowest BCUT2D eigenvalue weighted by Crippen LogP contribution is -2.46. The van der Waals surface area contributed by atoms with Crippen LogP contribution in [0.5, 0.6) is 0 Å². The van der Waals surface area contributed by atoms with Gasteiger partial charge in [-0.05, 0) is 43.5 Å². The Balaban J connectivity index is 1.42. The molecule has 0 unspecified atom stereocenters. The Hall–Kier alpha value is -2.33. The zero-order valence-corrected chi connectivity index (χ0v) is 18.0. The molecule has 0 atom stereocenters. The van der Waals surface area contributed by atoms with Gasteiger partial charge < -0.3 is 9.42 Å². The predicted octanol–water partition coefficient (Wildman–Crippen LogP) is 2.62. The highest BCUT2D eigenvalue weighted by Crippen LogP contribution is 2.17. The first-order chi connectivity index (χ1) is 14.2. The number of amides is 1. The van der Waals surface area contributed by atoms with Crippen LogP contribution in [0.1, 0.15) is 57.2 Å². The molecular weight excluding hydrogens is 411 g/mol. The fraction of sp³-hybridized carbons (Fsp3) is 0.550.